The first-order valence-corrected chi connectivity index (χ1v) is 6.52. The lowest BCUT2D eigenvalue weighted by atomic mass is 10.1. The minimum absolute atomic E-state index is 0.819. The number of hydrogen-bond donors (Lipinski definition) is 0. The standard InChI is InChI=1S/C11H16BrN3/c1-9-13-6-3-11(14-9)15-7-4-10(8-15)2-5-12/h3,6,10H,2,4-5,7-8H2,1H3. The zero-order valence-corrected chi connectivity index (χ0v) is 10.6. The molecule has 2 rings (SSSR count). The van der Waals surface area contributed by atoms with Crippen LogP contribution in [0.1, 0.15) is 18.7 Å². The van der Waals surface area contributed by atoms with Gasteiger partial charge < -0.3 is 4.90 Å². The van der Waals surface area contributed by atoms with E-state index in [0.717, 1.165) is 36.0 Å². The van der Waals surface area contributed by atoms with Crippen LogP contribution in [0.4, 0.5) is 5.82 Å². The van der Waals surface area contributed by atoms with Crippen LogP contribution in [0, 0.1) is 12.8 Å². The maximum atomic E-state index is 4.45. The lowest BCUT2D eigenvalue weighted by molar-refractivity contribution is 0.575. The van der Waals surface area contributed by atoms with Crippen molar-refractivity contribution in [3.63, 3.8) is 0 Å². The number of aromatic nitrogens is 2. The summed E-state index contributed by atoms with van der Waals surface area (Å²) in [5, 5.41) is 1.11. The maximum Gasteiger partial charge on any atom is 0.132 e. The summed E-state index contributed by atoms with van der Waals surface area (Å²) in [4.78, 5) is 10.9. The van der Waals surface area contributed by atoms with Crippen molar-refractivity contribution in [1.29, 1.82) is 0 Å². The molecule has 1 fully saturated rings. The third-order valence-electron chi connectivity index (χ3n) is 2.89. The van der Waals surface area contributed by atoms with Crippen LogP contribution in [0.15, 0.2) is 12.3 Å². The van der Waals surface area contributed by atoms with E-state index in [-0.39, 0.29) is 0 Å². The summed E-state index contributed by atoms with van der Waals surface area (Å²) in [5.41, 5.74) is 0. The van der Waals surface area contributed by atoms with Crippen molar-refractivity contribution in [3.8, 4) is 0 Å². The largest absolute Gasteiger partial charge is 0.356 e. The van der Waals surface area contributed by atoms with Crippen molar-refractivity contribution in [2.24, 2.45) is 5.92 Å². The zero-order chi connectivity index (χ0) is 10.7. The van der Waals surface area contributed by atoms with Crippen LogP contribution in [-0.2, 0) is 0 Å². The molecule has 2 heterocycles. The molecule has 0 aromatic carbocycles. The van der Waals surface area contributed by atoms with Crippen molar-refractivity contribution in [2.45, 2.75) is 19.8 Å². The second-order valence-electron chi connectivity index (χ2n) is 4.04. The highest BCUT2D eigenvalue weighted by atomic mass is 79.9. The minimum atomic E-state index is 0.819. The van der Waals surface area contributed by atoms with Crippen molar-refractivity contribution < 1.29 is 0 Å². The van der Waals surface area contributed by atoms with Crippen LogP contribution >= 0.6 is 15.9 Å². The predicted octanol–water partition coefficient (Wildman–Crippen LogP) is 2.40. The maximum absolute atomic E-state index is 4.45. The molecular formula is C11H16BrN3. The number of nitrogens with zero attached hydrogens (tertiary/aromatic N) is 3. The highest BCUT2D eigenvalue weighted by Gasteiger charge is 2.22. The quantitative estimate of drug-likeness (QED) is 0.790. The first-order chi connectivity index (χ1) is 7.29. The van der Waals surface area contributed by atoms with Gasteiger partial charge in [0.1, 0.15) is 11.6 Å². The summed E-state index contributed by atoms with van der Waals surface area (Å²) in [6.45, 7) is 4.21. The average Bonchev–Trinajstić information content (AvgIpc) is 2.67. The molecule has 3 nitrogen and oxygen atoms in total. The normalized spacial score (nSPS) is 20.9. The van der Waals surface area contributed by atoms with Gasteiger partial charge in [-0.2, -0.15) is 0 Å². The molecule has 0 N–H and O–H groups in total. The van der Waals surface area contributed by atoms with Crippen LogP contribution in [0.3, 0.4) is 0 Å². The van der Waals surface area contributed by atoms with E-state index in [1.54, 1.807) is 0 Å². The van der Waals surface area contributed by atoms with Gasteiger partial charge in [0, 0.05) is 24.6 Å². The Kier molecular flexibility index (Phi) is 3.57. The highest BCUT2D eigenvalue weighted by Crippen LogP contribution is 2.24. The Balaban J connectivity index is 2.01. The molecule has 4 heteroatoms. The minimum Gasteiger partial charge on any atom is -0.356 e. The van der Waals surface area contributed by atoms with Gasteiger partial charge in [-0.25, -0.2) is 9.97 Å². The second-order valence-corrected chi connectivity index (χ2v) is 4.83. The van der Waals surface area contributed by atoms with Gasteiger partial charge in [0.15, 0.2) is 0 Å². The van der Waals surface area contributed by atoms with E-state index in [0.29, 0.717) is 0 Å². The third kappa shape index (κ3) is 2.68. The van der Waals surface area contributed by atoms with E-state index in [1.807, 2.05) is 19.2 Å². The van der Waals surface area contributed by atoms with E-state index in [9.17, 15) is 0 Å². The van der Waals surface area contributed by atoms with Crippen LogP contribution in [0.5, 0.6) is 0 Å². The van der Waals surface area contributed by atoms with E-state index in [4.69, 9.17) is 0 Å². The number of alkyl halides is 1. The molecule has 1 atom stereocenters. The zero-order valence-electron chi connectivity index (χ0n) is 8.99. The Morgan fingerprint density at radius 1 is 1.60 bits per heavy atom. The number of anilines is 1. The lowest BCUT2D eigenvalue weighted by Crippen LogP contribution is -2.21. The molecular weight excluding hydrogens is 254 g/mol. The number of aryl methyl sites for hydroxylation is 1. The highest BCUT2D eigenvalue weighted by molar-refractivity contribution is 9.09. The Hall–Kier alpha value is -0.640. The van der Waals surface area contributed by atoms with Crippen molar-refractivity contribution in [1.82, 2.24) is 9.97 Å². The fourth-order valence-electron chi connectivity index (χ4n) is 2.05. The third-order valence-corrected chi connectivity index (χ3v) is 3.35. The summed E-state index contributed by atoms with van der Waals surface area (Å²) in [6.07, 6.45) is 4.39. The predicted molar refractivity (Wildman–Crippen MR) is 65.5 cm³/mol. The van der Waals surface area contributed by atoms with Gasteiger partial charge in [0.05, 0.1) is 0 Å². The molecule has 1 saturated heterocycles. The monoisotopic (exact) mass is 269 g/mol. The SMILES string of the molecule is Cc1nccc(N2CCC(CCBr)C2)n1. The van der Waals surface area contributed by atoms with Gasteiger partial charge in [0.2, 0.25) is 0 Å². The first-order valence-electron chi connectivity index (χ1n) is 5.40. The van der Waals surface area contributed by atoms with Gasteiger partial charge in [-0.3, -0.25) is 0 Å². The topological polar surface area (TPSA) is 29.0 Å². The Labute approximate surface area is 99.0 Å². The van der Waals surface area contributed by atoms with Crippen LogP contribution in [0.2, 0.25) is 0 Å². The van der Waals surface area contributed by atoms with Gasteiger partial charge in [-0.1, -0.05) is 15.9 Å². The summed E-state index contributed by atoms with van der Waals surface area (Å²) in [6, 6.07) is 2.00. The summed E-state index contributed by atoms with van der Waals surface area (Å²) in [5.74, 6) is 2.76. The fraction of sp³-hybridized carbons (Fsp3) is 0.636. The molecule has 0 spiro atoms. The summed E-state index contributed by atoms with van der Waals surface area (Å²) in [7, 11) is 0. The van der Waals surface area contributed by atoms with E-state index >= 15 is 0 Å². The van der Waals surface area contributed by atoms with Gasteiger partial charge in [0.25, 0.3) is 0 Å². The molecule has 1 aromatic rings. The van der Waals surface area contributed by atoms with Crippen molar-refractivity contribution in [2.75, 3.05) is 23.3 Å². The summed E-state index contributed by atoms with van der Waals surface area (Å²) < 4.78 is 0. The molecule has 1 aliphatic heterocycles. The van der Waals surface area contributed by atoms with Gasteiger partial charge in [-0.15, -0.1) is 0 Å². The molecule has 1 aromatic heterocycles. The van der Waals surface area contributed by atoms with Crippen molar-refractivity contribution >= 4 is 21.7 Å². The number of rotatable bonds is 3. The average molecular weight is 270 g/mol. The smallest absolute Gasteiger partial charge is 0.132 e. The molecule has 1 aliphatic rings. The van der Waals surface area contributed by atoms with Crippen molar-refractivity contribution in [3.05, 3.63) is 18.1 Å². The molecule has 82 valence electrons. The van der Waals surface area contributed by atoms with Crippen LogP contribution in [0.25, 0.3) is 0 Å². The molecule has 0 bridgehead atoms. The molecule has 1 unspecified atom stereocenters. The fourth-order valence-corrected chi connectivity index (χ4v) is 2.70. The molecule has 15 heavy (non-hydrogen) atoms. The molecule has 0 radical (unpaired) electrons. The van der Waals surface area contributed by atoms with E-state index in [2.05, 4.69) is 30.8 Å². The van der Waals surface area contributed by atoms with Crippen LogP contribution in [-0.4, -0.2) is 28.4 Å². The molecule has 0 amide bonds. The number of halogens is 1. The number of hydrogen-bond acceptors (Lipinski definition) is 3. The Bertz CT molecular complexity index is 329. The summed E-state index contributed by atoms with van der Waals surface area (Å²) >= 11 is 3.50. The van der Waals surface area contributed by atoms with E-state index in [1.165, 1.54) is 12.8 Å². The second kappa shape index (κ2) is 4.92. The molecule has 0 aliphatic carbocycles. The molecule has 0 saturated carbocycles. The van der Waals surface area contributed by atoms with Crippen LogP contribution < -0.4 is 4.90 Å². The Morgan fingerprint density at radius 2 is 2.47 bits per heavy atom. The van der Waals surface area contributed by atoms with Gasteiger partial charge in [-0.05, 0) is 31.7 Å². The van der Waals surface area contributed by atoms with E-state index < -0.39 is 0 Å². The first kappa shape index (κ1) is 10.9. The Morgan fingerprint density at radius 3 is 3.20 bits per heavy atom. The van der Waals surface area contributed by atoms with Gasteiger partial charge >= 0.3 is 0 Å². The lowest BCUT2D eigenvalue weighted by Gasteiger charge is -2.17.